The second-order valence-electron chi connectivity index (χ2n) is 9.87. The van der Waals surface area contributed by atoms with E-state index >= 15 is 0 Å². The highest BCUT2D eigenvalue weighted by atomic mass is 32.3. The van der Waals surface area contributed by atoms with Gasteiger partial charge in [-0.2, -0.15) is 0 Å². The van der Waals surface area contributed by atoms with Crippen LogP contribution in [0.25, 0.3) is 0 Å². The van der Waals surface area contributed by atoms with Crippen LogP contribution in [0.5, 0.6) is 0 Å². The lowest BCUT2D eigenvalue weighted by Crippen LogP contribution is -2.31. The van der Waals surface area contributed by atoms with Gasteiger partial charge in [0, 0.05) is 24.7 Å². The van der Waals surface area contributed by atoms with Gasteiger partial charge in [-0.15, -0.1) is 20.6 Å². The van der Waals surface area contributed by atoms with Gasteiger partial charge in [-0.05, 0) is 63.7 Å². The number of hydrogen-bond acceptors (Lipinski definition) is 6. The summed E-state index contributed by atoms with van der Waals surface area (Å²) in [7, 11) is -2.32. The molecule has 2 aliphatic heterocycles. The Labute approximate surface area is 192 Å². The minimum Gasteiger partial charge on any atom is -0.379 e. The molecular weight excluding hydrogens is 436 g/mol. The van der Waals surface area contributed by atoms with Gasteiger partial charge in [-0.3, -0.25) is 0 Å². The summed E-state index contributed by atoms with van der Waals surface area (Å²) in [6.45, 7) is 9.18. The molecule has 2 heterocycles. The van der Waals surface area contributed by atoms with Gasteiger partial charge in [0.1, 0.15) is 24.4 Å². The molecule has 184 valence electrons. The van der Waals surface area contributed by atoms with E-state index in [0.717, 1.165) is 70.4 Å². The summed E-state index contributed by atoms with van der Waals surface area (Å²) in [5, 5.41) is 0. The average molecular weight is 481 g/mol. The van der Waals surface area contributed by atoms with Crippen molar-refractivity contribution in [3.8, 4) is 0 Å². The normalized spacial score (nSPS) is 29.5. The van der Waals surface area contributed by atoms with Gasteiger partial charge in [-0.25, -0.2) is 0 Å². The van der Waals surface area contributed by atoms with E-state index in [0.29, 0.717) is 12.2 Å². The number of ether oxygens (including phenoxy) is 4. The van der Waals surface area contributed by atoms with Gasteiger partial charge in [0.2, 0.25) is 0 Å². The van der Waals surface area contributed by atoms with Crippen molar-refractivity contribution in [1.29, 1.82) is 0 Å². The maximum atomic E-state index is 6.75. The van der Waals surface area contributed by atoms with Crippen LogP contribution in [0.15, 0.2) is 11.1 Å². The molecule has 6 nitrogen and oxygen atoms in total. The average Bonchev–Trinajstić information content (AvgIpc) is 3.59. The van der Waals surface area contributed by atoms with Crippen molar-refractivity contribution in [2.75, 3.05) is 76.2 Å². The molecule has 3 rings (SSSR count). The number of epoxide rings is 2. The molecule has 1 aliphatic carbocycles. The summed E-state index contributed by atoms with van der Waals surface area (Å²) in [5.74, 6) is 2.10. The first-order valence-corrected chi connectivity index (χ1v) is 16.6. The van der Waals surface area contributed by atoms with E-state index in [1.807, 2.05) is 0 Å². The van der Waals surface area contributed by atoms with Crippen LogP contribution in [-0.2, 0) is 27.3 Å². The minimum absolute atomic E-state index is 0.0702. The fourth-order valence-electron chi connectivity index (χ4n) is 3.80. The Hall–Kier alpha value is 0.200. The largest absolute Gasteiger partial charge is 0.379 e. The van der Waals surface area contributed by atoms with Crippen LogP contribution in [0.3, 0.4) is 0 Å². The van der Waals surface area contributed by atoms with E-state index in [-0.39, 0.29) is 12.2 Å². The zero-order chi connectivity index (χ0) is 22.5. The Morgan fingerprint density at radius 1 is 0.806 bits per heavy atom. The topological polar surface area (TPSA) is 62.0 Å². The monoisotopic (exact) mass is 480 g/mol. The molecule has 0 bridgehead atoms. The standard InChI is InChI=1S/C23H44O6S2/c1-18-13-22(28-30(3,4)11-7-9-24-14-20-16-26-20)23(19(18)2)29-31(5,6)12-8-10-25-15-21-17-27-21/h20-23H,7-17H2,1-6H3. The zero-order valence-electron chi connectivity index (χ0n) is 20.4. The molecule has 0 amide bonds. The Balaban J connectivity index is 1.41. The minimum atomic E-state index is -1.17. The van der Waals surface area contributed by atoms with E-state index in [2.05, 4.69) is 38.9 Å². The molecule has 0 aromatic carbocycles. The molecule has 0 spiro atoms. The highest BCUT2D eigenvalue weighted by molar-refractivity contribution is 8.29. The summed E-state index contributed by atoms with van der Waals surface area (Å²) in [6, 6.07) is 0. The maximum Gasteiger partial charge on any atom is 0.119 e. The molecule has 8 heteroatoms. The van der Waals surface area contributed by atoms with E-state index < -0.39 is 20.6 Å². The second-order valence-corrected chi connectivity index (χ2v) is 16.8. The van der Waals surface area contributed by atoms with Crippen molar-refractivity contribution < 1.29 is 27.3 Å². The van der Waals surface area contributed by atoms with Crippen LogP contribution in [0.1, 0.15) is 33.1 Å². The molecule has 2 fully saturated rings. The first-order chi connectivity index (χ1) is 14.7. The van der Waals surface area contributed by atoms with Gasteiger partial charge < -0.3 is 27.3 Å². The molecule has 4 unspecified atom stereocenters. The molecular formula is C23H44O6S2. The fourth-order valence-corrected chi connectivity index (χ4v) is 7.28. The summed E-state index contributed by atoms with van der Waals surface area (Å²) in [4.78, 5) is 0. The van der Waals surface area contributed by atoms with Crippen LogP contribution in [-0.4, -0.2) is 101 Å². The second kappa shape index (κ2) is 11.6. The van der Waals surface area contributed by atoms with Gasteiger partial charge in [0.15, 0.2) is 0 Å². The highest BCUT2D eigenvalue weighted by Crippen LogP contribution is 2.51. The van der Waals surface area contributed by atoms with Crippen molar-refractivity contribution >= 4 is 20.6 Å². The quantitative estimate of drug-likeness (QED) is 0.189. The molecule has 0 aromatic rings. The summed E-state index contributed by atoms with van der Waals surface area (Å²) in [6.07, 6.45) is 13.0. The molecule has 4 atom stereocenters. The third-order valence-corrected chi connectivity index (χ3v) is 9.99. The lowest BCUT2D eigenvalue weighted by molar-refractivity contribution is 0.108. The van der Waals surface area contributed by atoms with Crippen molar-refractivity contribution in [3.05, 3.63) is 11.1 Å². The number of hydrogen-bond donors (Lipinski definition) is 0. The lowest BCUT2D eigenvalue weighted by atomic mass is 10.2. The molecule has 31 heavy (non-hydrogen) atoms. The molecule has 0 aromatic heterocycles. The van der Waals surface area contributed by atoms with Crippen LogP contribution >= 0.6 is 20.6 Å². The molecule has 0 radical (unpaired) electrons. The van der Waals surface area contributed by atoms with Crippen molar-refractivity contribution in [2.45, 2.75) is 57.5 Å². The van der Waals surface area contributed by atoms with E-state index in [4.69, 9.17) is 27.3 Å². The van der Waals surface area contributed by atoms with Gasteiger partial charge in [0.05, 0.1) is 26.4 Å². The SMILES string of the molecule is CC1=C(C)C(OS(C)(C)CCCOCC2CO2)C(OS(C)(C)CCCOCC2CO2)C1. The van der Waals surface area contributed by atoms with E-state index in [9.17, 15) is 0 Å². The summed E-state index contributed by atoms with van der Waals surface area (Å²) in [5.41, 5.74) is 2.77. The predicted molar refractivity (Wildman–Crippen MR) is 132 cm³/mol. The maximum absolute atomic E-state index is 6.75. The van der Waals surface area contributed by atoms with Crippen LogP contribution in [0.4, 0.5) is 0 Å². The molecule has 0 saturated carbocycles. The highest BCUT2D eigenvalue weighted by Gasteiger charge is 2.37. The lowest BCUT2D eigenvalue weighted by Gasteiger charge is -2.40. The smallest absolute Gasteiger partial charge is 0.119 e. The van der Waals surface area contributed by atoms with E-state index in [1.165, 1.54) is 11.1 Å². The third-order valence-electron chi connectivity index (χ3n) is 5.95. The first kappa shape index (κ1) is 25.8. The summed E-state index contributed by atoms with van der Waals surface area (Å²) >= 11 is 0. The van der Waals surface area contributed by atoms with Crippen molar-refractivity contribution in [1.82, 2.24) is 0 Å². The van der Waals surface area contributed by atoms with Gasteiger partial charge in [-0.1, -0.05) is 5.57 Å². The number of rotatable bonds is 16. The molecule has 3 aliphatic rings. The van der Waals surface area contributed by atoms with E-state index in [1.54, 1.807) is 0 Å². The van der Waals surface area contributed by atoms with Gasteiger partial charge in [0.25, 0.3) is 0 Å². The zero-order valence-corrected chi connectivity index (χ0v) is 22.0. The van der Waals surface area contributed by atoms with Gasteiger partial charge >= 0.3 is 0 Å². The van der Waals surface area contributed by atoms with Crippen LogP contribution in [0.2, 0.25) is 0 Å². The Bertz CT molecular complexity index is 601. The predicted octanol–water partition coefficient (Wildman–Crippen LogP) is 4.07. The summed E-state index contributed by atoms with van der Waals surface area (Å²) < 4.78 is 35.3. The van der Waals surface area contributed by atoms with Crippen molar-refractivity contribution in [2.24, 2.45) is 0 Å². The Kier molecular flexibility index (Phi) is 9.63. The molecule has 0 N–H and O–H groups in total. The molecule has 2 saturated heterocycles. The fraction of sp³-hybridized carbons (Fsp3) is 0.913. The first-order valence-electron chi connectivity index (χ1n) is 11.5. The Morgan fingerprint density at radius 2 is 1.29 bits per heavy atom. The van der Waals surface area contributed by atoms with Crippen LogP contribution < -0.4 is 0 Å². The van der Waals surface area contributed by atoms with Crippen molar-refractivity contribution in [3.63, 3.8) is 0 Å². The Morgan fingerprint density at radius 3 is 1.77 bits per heavy atom. The van der Waals surface area contributed by atoms with Crippen LogP contribution in [0, 0.1) is 0 Å². The third kappa shape index (κ3) is 9.53.